The van der Waals surface area contributed by atoms with E-state index in [1.165, 1.54) is 0 Å². The SMILES string of the molecule is CC(=O)OC(=O)CC(CC(=O)OC(C)(C)C)(OC(C)(C)C)C(=O)OC(C)(C)C. The quantitative estimate of drug-likeness (QED) is 0.379. The average Bonchev–Trinajstić information content (AvgIpc) is 2.29. The molecule has 0 aliphatic heterocycles. The van der Waals surface area contributed by atoms with Gasteiger partial charge in [-0.2, -0.15) is 0 Å². The van der Waals surface area contributed by atoms with Gasteiger partial charge in [0.25, 0.3) is 0 Å². The minimum atomic E-state index is -2.01. The summed E-state index contributed by atoms with van der Waals surface area (Å²) >= 11 is 0. The molecule has 0 heterocycles. The first-order valence-electron chi connectivity index (χ1n) is 9.11. The number of carbonyl (C=O) groups excluding carboxylic acids is 4. The van der Waals surface area contributed by atoms with E-state index in [0.717, 1.165) is 6.92 Å². The lowest BCUT2D eigenvalue weighted by atomic mass is 9.93. The molecule has 1 unspecified atom stereocenters. The van der Waals surface area contributed by atoms with E-state index in [2.05, 4.69) is 4.74 Å². The maximum Gasteiger partial charge on any atom is 0.340 e. The van der Waals surface area contributed by atoms with Crippen LogP contribution in [0.2, 0.25) is 0 Å². The van der Waals surface area contributed by atoms with Gasteiger partial charge in [0.1, 0.15) is 11.2 Å². The van der Waals surface area contributed by atoms with Crippen LogP contribution in [0.4, 0.5) is 0 Å². The van der Waals surface area contributed by atoms with Crippen molar-refractivity contribution in [1.82, 2.24) is 0 Å². The molecule has 8 heteroatoms. The number of hydrogen-bond donors (Lipinski definition) is 0. The van der Waals surface area contributed by atoms with Crippen molar-refractivity contribution in [1.29, 1.82) is 0 Å². The lowest BCUT2D eigenvalue weighted by molar-refractivity contribution is -0.211. The molecule has 0 aromatic heterocycles. The largest absolute Gasteiger partial charge is 0.460 e. The fourth-order valence-electron chi connectivity index (χ4n) is 2.32. The van der Waals surface area contributed by atoms with Crippen LogP contribution in [0.15, 0.2) is 0 Å². The maximum absolute atomic E-state index is 13.0. The Balaban J connectivity index is 6.10. The molecule has 0 amide bonds. The molecule has 0 aliphatic carbocycles. The molecule has 1 atom stereocenters. The highest BCUT2D eigenvalue weighted by Crippen LogP contribution is 2.32. The molecule has 0 aromatic carbocycles. The van der Waals surface area contributed by atoms with Gasteiger partial charge >= 0.3 is 23.9 Å². The van der Waals surface area contributed by atoms with Crippen LogP contribution in [-0.2, 0) is 38.1 Å². The molecule has 0 rings (SSSR count). The molecule has 0 saturated heterocycles. The van der Waals surface area contributed by atoms with Gasteiger partial charge in [-0.05, 0) is 62.3 Å². The third-order valence-electron chi connectivity index (χ3n) is 2.81. The van der Waals surface area contributed by atoms with Gasteiger partial charge in [-0.25, -0.2) is 4.79 Å². The van der Waals surface area contributed by atoms with Crippen LogP contribution in [-0.4, -0.2) is 46.3 Å². The Bertz CT molecular complexity index is 601. The Morgan fingerprint density at radius 1 is 0.643 bits per heavy atom. The molecular weight excluding hydrogens is 368 g/mol. The van der Waals surface area contributed by atoms with E-state index in [9.17, 15) is 19.2 Å². The molecule has 162 valence electrons. The summed E-state index contributed by atoms with van der Waals surface area (Å²) in [6.45, 7) is 16.0. The molecule has 0 radical (unpaired) electrons. The predicted molar refractivity (Wildman–Crippen MR) is 101 cm³/mol. The van der Waals surface area contributed by atoms with Crippen LogP contribution in [0.1, 0.15) is 82.1 Å². The van der Waals surface area contributed by atoms with Crippen molar-refractivity contribution in [2.75, 3.05) is 0 Å². The lowest BCUT2D eigenvalue weighted by Gasteiger charge is -2.38. The van der Waals surface area contributed by atoms with Crippen LogP contribution < -0.4 is 0 Å². The second-order valence-electron chi connectivity index (χ2n) is 9.62. The van der Waals surface area contributed by atoms with Crippen molar-refractivity contribution in [2.24, 2.45) is 0 Å². The highest BCUT2D eigenvalue weighted by atomic mass is 16.6. The number of ether oxygens (including phenoxy) is 4. The molecular formula is C20H34O8. The lowest BCUT2D eigenvalue weighted by Crippen LogP contribution is -2.53. The highest BCUT2D eigenvalue weighted by molar-refractivity contribution is 5.93. The maximum atomic E-state index is 13.0. The van der Waals surface area contributed by atoms with E-state index in [1.54, 1.807) is 62.3 Å². The van der Waals surface area contributed by atoms with Crippen molar-refractivity contribution in [3.63, 3.8) is 0 Å². The molecule has 0 spiro atoms. The van der Waals surface area contributed by atoms with E-state index in [4.69, 9.17) is 14.2 Å². The van der Waals surface area contributed by atoms with E-state index in [1.807, 2.05) is 0 Å². The van der Waals surface area contributed by atoms with E-state index >= 15 is 0 Å². The zero-order valence-electron chi connectivity index (χ0n) is 18.7. The number of hydrogen-bond acceptors (Lipinski definition) is 8. The predicted octanol–water partition coefficient (Wildman–Crippen LogP) is 3.09. The normalized spacial score (nSPS) is 14.6. The first-order chi connectivity index (χ1) is 12.2. The number of rotatable bonds is 6. The number of carbonyl (C=O) groups is 4. The minimum Gasteiger partial charge on any atom is -0.460 e. The third kappa shape index (κ3) is 11.0. The van der Waals surface area contributed by atoms with E-state index < -0.39 is 59.1 Å². The van der Waals surface area contributed by atoms with Crippen LogP contribution in [0.5, 0.6) is 0 Å². The molecule has 0 N–H and O–H groups in total. The summed E-state index contributed by atoms with van der Waals surface area (Å²) in [6, 6.07) is 0. The van der Waals surface area contributed by atoms with E-state index in [-0.39, 0.29) is 0 Å². The van der Waals surface area contributed by atoms with Gasteiger partial charge < -0.3 is 18.9 Å². The van der Waals surface area contributed by atoms with Crippen LogP contribution >= 0.6 is 0 Å². The monoisotopic (exact) mass is 402 g/mol. The third-order valence-corrected chi connectivity index (χ3v) is 2.81. The Hall–Kier alpha value is -1.96. The second kappa shape index (κ2) is 9.03. The summed E-state index contributed by atoms with van der Waals surface area (Å²) in [5, 5.41) is 0. The summed E-state index contributed by atoms with van der Waals surface area (Å²) < 4.78 is 21.2. The fraction of sp³-hybridized carbons (Fsp3) is 0.800. The van der Waals surface area contributed by atoms with Gasteiger partial charge in [-0.1, -0.05) is 0 Å². The van der Waals surface area contributed by atoms with Crippen molar-refractivity contribution in [2.45, 2.75) is 104 Å². The van der Waals surface area contributed by atoms with Crippen molar-refractivity contribution in [3.8, 4) is 0 Å². The molecule has 0 bridgehead atoms. The van der Waals surface area contributed by atoms with Crippen molar-refractivity contribution < 1.29 is 38.1 Å². The minimum absolute atomic E-state index is 0.580. The van der Waals surface area contributed by atoms with Crippen LogP contribution in [0.3, 0.4) is 0 Å². The molecule has 0 saturated carbocycles. The summed E-state index contributed by atoms with van der Waals surface area (Å²) in [4.78, 5) is 48.9. The molecule has 0 fully saturated rings. The van der Waals surface area contributed by atoms with Gasteiger partial charge in [-0.15, -0.1) is 0 Å². The smallest absolute Gasteiger partial charge is 0.340 e. The summed E-state index contributed by atoms with van der Waals surface area (Å²) in [5.41, 5.74) is -4.64. The van der Waals surface area contributed by atoms with Crippen LogP contribution in [0.25, 0.3) is 0 Å². The first-order valence-corrected chi connectivity index (χ1v) is 9.11. The Kier molecular flexibility index (Phi) is 8.39. The zero-order valence-corrected chi connectivity index (χ0v) is 18.7. The van der Waals surface area contributed by atoms with Crippen LogP contribution in [0, 0.1) is 0 Å². The van der Waals surface area contributed by atoms with Gasteiger partial charge in [0.15, 0.2) is 5.60 Å². The molecule has 0 aromatic rings. The molecule has 8 nitrogen and oxygen atoms in total. The standard InChI is InChI=1S/C20H34O8/c1-13(21)25-14(22)11-20(28-19(8,9)10,16(24)27-18(5,6)7)12-15(23)26-17(2,3)4/h11-12H2,1-10H3. The van der Waals surface area contributed by atoms with Gasteiger partial charge in [0.2, 0.25) is 0 Å². The fourth-order valence-corrected chi connectivity index (χ4v) is 2.32. The molecule has 28 heavy (non-hydrogen) atoms. The highest BCUT2D eigenvalue weighted by Gasteiger charge is 2.50. The van der Waals surface area contributed by atoms with E-state index in [0.29, 0.717) is 0 Å². The summed E-state index contributed by atoms with van der Waals surface area (Å²) in [6.07, 6.45) is -1.26. The average molecular weight is 402 g/mol. The Morgan fingerprint density at radius 2 is 1.07 bits per heavy atom. The van der Waals surface area contributed by atoms with Crippen molar-refractivity contribution >= 4 is 23.9 Å². The van der Waals surface area contributed by atoms with Gasteiger partial charge in [0, 0.05) is 6.92 Å². The Morgan fingerprint density at radius 3 is 1.43 bits per heavy atom. The molecule has 0 aliphatic rings. The second-order valence-corrected chi connectivity index (χ2v) is 9.62. The van der Waals surface area contributed by atoms with Gasteiger partial charge in [-0.3, -0.25) is 14.4 Å². The summed E-state index contributed by atoms with van der Waals surface area (Å²) in [5.74, 6) is -3.51. The zero-order chi connectivity index (χ0) is 22.6. The number of esters is 4. The van der Waals surface area contributed by atoms with Crippen molar-refractivity contribution in [3.05, 3.63) is 0 Å². The topological polar surface area (TPSA) is 105 Å². The summed E-state index contributed by atoms with van der Waals surface area (Å²) in [7, 11) is 0. The van der Waals surface area contributed by atoms with Gasteiger partial charge in [0.05, 0.1) is 18.4 Å². The first kappa shape index (κ1) is 26.0. The Labute approximate surface area is 167 Å².